The number of carbonyl (C=O) groups is 2. The number of carboxylic acids is 1. The average Bonchev–Trinajstić information content (AvgIpc) is 2.26. The first-order valence-electron chi connectivity index (χ1n) is 4.94. The summed E-state index contributed by atoms with van der Waals surface area (Å²) in [5.41, 5.74) is -2.21. The number of carbonyl (C=O) groups excluding carboxylic acids is 1. The highest BCUT2D eigenvalue weighted by Gasteiger charge is 2.42. The van der Waals surface area contributed by atoms with E-state index in [9.17, 15) is 14.0 Å². The monoisotopic (exact) mass is 231 g/mol. The summed E-state index contributed by atoms with van der Waals surface area (Å²) in [7, 11) is 0. The smallest absolute Gasteiger partial charge is 0.410 e. The Labute approximate surface area is 92.5 Å². The number of amides is 1. The van der Waals surface area contributed by atoms with Crippen LogP contribution in [0, 0.1) is 0 Å². The molecule has 1 heterocycles. The first-order chi connectivity index (χ1) is 7.49. The first-order valence-corrected chi connectivity index (χ1v) is 4.94. The quantitative estimate of drug-likeness (QED) is 0.741. The molecule has 1 rings (SSSR count). The van der Waals surface area contributed by atoms with E-state index in [-0.39, 0.29) is 32.5 Å². The topological polar surface area (TPSA) is 66.8 Å². The van der Waals surface area contributed by atoms with Gasteiger partial charge in [-0.25, -0.2) is 14.0 Å². The second kappa shape index (κ2) is 4.96. The predicted octanol–water partition coefficient (Wildman–Crippen LogP) is 1.20. The van der Waals surface area contributed by atoms with Gasteiger partial charge < -0.3 is 14.7 Å². The van der Waals surface area contributed by atoms with Gasteiger partial charge in [0, 0.05) is 25.9 Å². The highest BCUT2D eigenvalue weighted by atomic mass is 19.1. The number of piperidine rings is 1. The molecule has 1 aliphatic rings. The Hall–Kier alpha value is -1.59. The zero-order valence-corrected chi connectivity index (χ0v) is 8.82. The predicted molar refractivity (Wildman–Crippen MR) is 53.8 cm³/mol. The van der Waals surface area contributed by atoms with Crippen molar-refractivity contribution in [3.8, 4) is 0 Å². The number of carboxylic acid groups (broad SMARTS) is 1. The summed E-state index contributed by atoms with van der Waals surface area (Å²) in [4.78, 5) is 23.2. The number of alkyl halides is 1. The van der Waals surface area contributed by atoms with E-state index in [1.165, 1.54) is 11.0 Å². The Kier molecular flexibility index (Phi) is 3.87. The van der Waals surface area contributed by atoms with Gasteiger partial charge >= 0.3 is 12.1 Å². The maximum absolute atomic E-state index is 13.6. The molecule has 16 heavy (non-hydrogen) atoms. The minimum absolute atomic E-state index is 0.0543. The van der Waals surface area contributed by atoms with Gasteiger partial charge in [-0.05, 0) is 0 Å². The molecule has 1 aliphatic heterocycles. The number of rotatable bonds is 3. The van der Waals surface area contributed by atoms with Gasteiger partial charge in [-0.2, -0.15) is 0 Å². The van der Waals surface area contributed by atoms with E-state index in [0.717, 1.165) is 0 Å². The van der Waals surface area contributed by atoms with Crippen LogP contribution in [-0.4, -0.2) is 47.4 Å². The van der Waals surface area contributed by atoms with Crippen LogP contribution in [0.25, 0.3) is 0 Å². The van der Waals surface area contributed by atoms with Crippen LogP contribution in [0.3, 0.4) is 0 Å². The second-order valence-corrected chi connectivity index (χ2v) is 3.62. The molecule has 5 nitrogen and oxygen atoms in total. The lowest BCUT2D eigenvalue weighted by Crippen LogP contribution is -2.48. The lowest BCUT2D eigenvalue weighted by Gasteiger charge is -2.32. The molecule has 1 saturated heterocycles. The molecule has 90 valence electrons. The highest BCUT2D eigenvalue weighted by Crippen LogP contribution is 2.26. The van der Waals surface area contributed by atoms with Crippen molar-refractivity contribution in [2.45, 2.75) is 18.5 Å². The van der Waals surface area contributed by atoms with Gasteiger partial charge in [0.1, 0.15) is 6.61 Å². The minimum Gasteiger partial charge on any atom is -0.479 e. The molecule has 0 spiro atoms. The molecule has 1 N–H and O–H groups in total. The van der Waals surface area contributed by atoms with Crippen molar-refractivity contribution in [2.24, 2.45) is 0 Å². The minimum atomic E-state index is -2.21. The van der Waals surface area contributed by atoms with Gasteiger partial charge in [0.2, 0.25) is 5.67 Å². The Balaban J connectivity index is 2.45. The van der Waals surface area contributed by atoms with E-state index in [1.54, 1.807) is 0 Å². The van der Waals surface area contributed by atoms with Crippen molar-refractivity contribution >= 4 is 12.1 Å². The molecule has 0 aromatic rings. The van der Waals surface area contributed by atoms with Crippen molar-refractivity contribution in [3.05, 3.63) is 12.7 Å². The number of likely N-dealkylation sites (tertiary alicyclic amines) is 1. The van der Waals surface area contributed by atoms with Crippen LogP contribution >= 0.6 is 0 Å². The van der Waals surface area contributed by atoms with Crippen LogP contribution in [0.5, 0.6) is 0 Å². The number of hydrogen-bond donors (Lipinski definition) is 1. The van der Waals surface area contributed by atoms with E-state index in [4.69, 9.17) is 9.84 Å². The van der Waals surface area contributed by atoms with Crippen LogP contribution in [0.2, 0.25) is 0 Å². The summed E-state index contributed by atoms with van der Waals surface area (Å²) < 4.78 is 18.3. The van der Waals surface area contributed by atoms with E-state index in [0.29, 0.717) is 0 Å². The fourth-order valence-electron chi connectivity index (χ4n) is 1.48. The fraction of sp³-hybridized carbons (Fsp3) is 0.600. The van der Waals surface area contributed by atoms with Crippen LogP contribution in [-0.2, 0) is 9.53 Å². The summed E-state index contributed by atoms with van der Waals surface area (Å²) in [6.45, 7) is 3.59. The van der Waals surface area contributed by atoms with Crippen molar-refractivity contribution in [1.82, 2.24) is 4.90 Å². The third kappa shape index (κ3) is 2.71. The molecule has 1 amide bonds. The maximum atomic E-state index is 13.6. The maximum Gasteiger partial charge on any atom is 0.410 e. The molecule has 0 bridgehead atoms. The molecule has 0 aliphatic carbocycles. The van der Waals surface area contributed by atoms with Gasteiger partial charge in [0.25, 0.3) is 0 Å². The zero-order chi connectivity index (χ0) is 12.2. The lowest BCUT2D eigenvalue weighted by atomic mass is 9.94. The number of ether oxygens (including phenoxy) is 1. The number of aliphatic carboxylic acids is 1. The Morgan fingerprint density at radius 3 is 2.50 bits per heavy atom. The summed E-state index contributed by atoms with van der Waals surface area (Å²) in [5.74, 6) is -1.47. The van der Waals surface area contributed by atoms with Gasteiger partial charge in [-0.15, -0.1) is 0 Å². The van der Waals surface area contributed by atoms with Crippen molar-refractivity contribution in [3.63, 3.8) is 0 Å². The first kappa shape index (κ1) is 12.5. The Morgan fingerprint density at radius 1 is 1.50 bits per heavy atom. The molecular formula is C10H14FNO4. The van der Waals surface area contributed by atoms with Crippen LogP contribution < -0.4 is 0 Å². The molecule has 1 fully saturated rings. The third-order valence-electron chi connectivity index (χ3n) is 2.52. The van der Waals surface area contributed by atoms with Gasteiger partial charge in [0.15, 0.2) is 0 Å². The summed E-state index contributed by atoms with van der Waals surface area (Å²) in [6, 6.07) is 0. The third-order valence-corrected chi connectivity index (χ3v) is 2.52. The highest BCUT2D eigenvalue weighted by molar-refractivity contribution is 5.78. The van der Waals surface area contributed by atoms with Gasteiger partial charge in [0.05, 0.1) is 0 Å². The molecular weight excluding hydrogens is 217 g/mol. The normalized spacial score (nSPS) is 18.9. The molecule has 0 unspecified atom stereocenters. The molecule has 0 saturated carbocycles. The number of halogens is 1. The van der Waals surface area contributed by atoms with E-state index >= 15 is 0 Å². The van der Waals surface area contributed by atoms with Crippen molar-refractivity contribution in [2.75, 3.05) is 19.7 Å². The lowest BCUT2D eigenvalue weighted by molar-refractivity contribution is -0.154. The fourth-order valence-corrected chi connectivity index (χ4v) is 1.48. The Bertz CT molecular complexity index is 297. The molecule has 6 heteroatoms. The zero-order valence-electron chi connectivity index (χ0n) is 8.82. The molecule has 0 aromatic carbocycles. The van der Waals surface area contributed by atoms with Crippen LogP contribution in [0.1, 0.15) is 12.8 Å². The van der Waals surface area contributed by atoms with Crippen LogP contribution in [0.4, 0.5) is 9.18 Å². The standard InChI is InChI=1S/C10H14FNO4/c1-2-7-16-9(15)12-5-3-10(11,4-6-12)8(13)14/h2H,1,3-7H2,(H,13,14). The van der Waals surface area contributed by atoms with Crippen molar-refractivity contribution in [1.29, 1.82) is 0 Å². The molecule has 0 aromatic heterocycles. The Morgan fingerprint density at radius 2 is 2.06 bits per heavy atom. The largest absolute Gasteiger partial charge is 0.479 e. The number of nitrogens with zero attached hydrogens (tertiary/aromatic N) is 1. The van der Waals surface area contributed by atoms with E-state index in [1.807, 2.05) is 0 Å². The molecule has 0 radical (unpaired) electrons. The molecule has 0 atom stereocenters. The van der Waals surface area contributed by atoms with Gasteiger partial charge in [-0.1, -0.05) is 12.7 Å². The summed E-state index contributed by atoms with van der Waals surface area (Å²) in [6.07, 6.45) is 0.461. The SMILES string of the molecule is C=CCOC(=O)N1CCC(F)(C(=O)O)CC1. The van der Waals surface area contributed by atoms with E-state index in [2.05, 4.69) is 6.58 Å². The van der Waals surface area contributed by atoms with Gasteiger partial charge in [-0.3, -0.25) is 0 Å². The van der Waals surface area contributed by atoms with Crippen LogP contribution in [0.15, 0.2) is 12.7 Å². The average molecular weight is 231 g/mol. The van der Waals surface area contributed by atoms with E-state index < -0.39 is 17.7 Å². The second-order valence-electron chi connectivity index (χ2n) is 3.62. The summed E-state index contributed by atoms with van der Waals surface area (Å²) in [5, 5.41) is 8.64. The number of hydrogen-bond acceptors (Lipinski definition) is 3. The summed E-state index contributed by atoms with van der Waals surface area (Å²) >= 11 is 0. The van der Waals surface area contributed by atoms with Crippen molar-refractivity contribution < 1.29 is 23.8 Å².